The van der Waals surface area contributed by atoms with Crippen LogP contribution in [0.2, 0.25) is 0 Å². The normalized spacial score (nSPS) is 10.6. The molecule has 0 aliphatic rings. The first-order valence-electron chi connectivity index (χ1n) is 7.71. The van der Waals surface area contributed by atoms with Crippen molar-refractivity contribution in [3.05, 3.63) is 53.2 Å². The van der Waals surface area contributed by atoms with E-state index in [1.807, 2.05) is 0 Å². The van der Waals surface area contributed by atoms with Crippen LogP contribution in [0.4, 0.5) is 0 Å². The number of aliphatic hydroxyl groups excluding tert-OH is 1. The van der Waals surface area contributed by atoms with Crippen LogP contribution in [0.25, 0.3) is 0 Å². The van der Waals surface area contributed by atoms with Crippen molar-refractivity contribution in [1.29, 1.82) is 0 Å². The van der Waals surface area contributed by atoms with Crippen molar-refractivity contribution in [3.63, 3.8) is 0 Å². The number of nitrogens with one attached hydrogen (secondary N) is 1. The number of unbranched alkanes of at least 4 members (excludes halogenated alkanes) is 1. The van der Waals surface area contributed by atoms with Gasteiger partial charge in [-0.05, 0) is 56.0 Å². The largest absolute Gasteiger partial charge is 0.396 e. The third-order valence-electron chi connectivity index (χ3n) is 3.44. The molecule has 0 atom stereocenters. The zero-order valence-corrected chi connectivity index (χ0v) is 14.3. The third-order valence-corrected chi connectivity index (χ3v) is 4.61. The lowest BCUT2D eigenvalue weighted by atomic mass is 10.2. The molecule has 0 aliphatic heterocycles. The summed E-state index contributed by atoms with van der Waals surface area (Å²) < 4.78 is 0. The van der Waals surface area contributed by atoms with Crippen LogP contribution in [-0.2, 0) is 0 Å². The van der Waals surface area contributed by atoms with Gasteiger partial charge in [0.05, 0.1) is 5.56 Å². The lowest BCUT2D eigenvalue weighted by Gasteiger charge is -2.10. The van der Waals surface area contributed by atoms with Gasteiger partial charge in [0, 0.05) is 24.2 Å². The molecule has 0 aliphatic carbocycles. The first-order chi connectivity index (χ1) is 11.1. The molecule has 0 spiro atoms. The third kappa shape index (κ3) is 5.08. The van der Waals surface area contributed by atoms with Crippen molar-refractivity contribution < 1.29 is 9.90 Å². The van der Waals surface area contributed by atoms with E-state index in [1.165, 1.54) is 22.9 Å². The summed E-state index contributed by atoms with van der Waals surface area (Å²) in [5, 5.41) is 12.4. The van der Waals surface area contributed by atoms with Gasteiger partial charge in [-0.2, -0.15) is 0 Å². The average Bonchev–Trinajstić information content (AvgIpc) is 2.55. The fourth-order valence-corrected chi connectivity index (χ4v) is 3.17. The molecule has 0 radical (unpaired) electrons. The van der Waals surface area contributed by atoms with Gasteiger partial charge >= 0.3 is 0 Å². The van der Waals surface area contributed by atoms with Gasteiger partial charge in [-0.25, -0.2) is 4.98 Å². The Labute approximate surface area is 141 Å². The lowest BCUT2D eigenvalue weighted by molar-refractivity contribution is 0.0948. The molecule has 1 aromatic heterocycles. The number of pyridine rings is 1. The van der Waals surface area contributed by atoms with Crippen molar-refractivity contribution >= 4 is 17.7 Å². The predicted molar refractivity (Wildman–Crippen MR) is 92.9 cm³/mol. The van der Waals surface area contributed by atoms with Crippen molar-refractivity contribution in [2.75, 3.05) is 13.2 Å². The second-order valence-corrected chi connectivity index (χ2v) is 6.44. The molecule has 2 aromatic rings. The molecular weight excluding hydrogens is 308 g/mol. The number of aliphatic hydroxyl groups is 1. The Morgan fingerprint density at radius 1 is 1.26 bits per heavy atom. The molecule has 4 nitrogen and oxygen atoms in total. The molecule has 1 aromatic carbocycles. The van der Waals surface area contributed by atoms with Crippen LogP contribution in [0.15, 0.2) is 46.5 Å². The number of nitrogens with zero attached hydrogens (tertiary/aromatic N) is 1. The highest BCUT2D eigenvalue weighted by Gasteiger charge is 2.14. The maximum absolute atomic E-state index is 12.3. The van der Waals surface area contributed by atoms with Crippen molar-refractivity contribution in [1.82, 2.24) is 10.3 Å². The van der Waals surface area contributed by atoms with E-state index >= 15 is 0 Å². The Hall–Kier alpha value is -1.85. The molecule has 0 bridgehead atoms. The van der Waals surface area contributed by atoms with Gasteiger partial charge in [0.1, 0.15) is 5.03 Å². The number of carbonyl (C=O) groups is 1. The SMILES string of the molecule is Cc1ccc(C)c(Sc2ncccc2C(=O)NCCCCO)c1. The van der Waals surface area contributed by atoms with Crippen LogP contribution in [0.5, 0.6) is 0 Å². The van der Waals surface area contributed by atoms with Gasteiger partial charge in [-0.15, -0.1) is 0 Å². The molecular formula is C18H22N2O2S. The maximum Gasteiger partial charge on any atom is 0.254 e. The van der Waals surface area contributed by atoms with E-state index in [-0.39, 0.29) is 12.5 Å². The molecule has 2 N–H and O–H groups in total. The van der Waals surface area contributed by atoms with Gasteiger partial charge in [0.15, 0.2) is 0 Å². The zero-order valence-electron chi connectivity index (χ0n) is 13.5. The van der Waals surface area contributed by atoms with Crippen LogP contribution in [0, 0.1) is 13.8 Å². The van der Waals surface area contributed by atoms with Crippen molar-refractivity contribution in [3.8, 4) is 0 Å². The summed E-state index contributed by atoms with van der Waals surface area (Å²) in [7, 11) is 0. The standard InChI is InChI=1S/C18H22N2O2S/c1-13-7-8-14(2)16(12-13)23-18-15(6-5-10-20-18)17(22)19-9-3-4-11-21/h5-8,10,12,21H,3-4,9,11H2,1-2H3,(H,19,22). The first kappa shape index (κ1) is 17.5. The Morgan fingerprint density at radius 2 is 2.09 bits per heavy atom. The van der Waals surface area contributed by atoms with E-state index < -0.39 is 0 Å². The summed E-state index contributed by atoms with van der Waals surface area (Å²) in [6.07, 6.45) is 3.16. The van der Waals surface area contributed by atoms with Crippen molar-refractivity contribution in [2.24, 2.45) is 0 Å². The van der Waals surface area contributed by atoms with Crippen LogP contribution >= 0.6 is 11.8 Å². The monoisotopic (exact) mass is 330 g/mol. The Balaban J connectivity index is 2.14. The van der Waals surface area contributed by atoms with Crippen LogP contribution in [0.1, 0.15) is 34.3 Å². The topological polar surface area (TPSA) is 62.2 Å². The molecule has 5 heteroatoms. The van der Waals surface area contributed by atoms with Crippen LogP contribution in [0.3, 0.4) is 0 Å². The van der Waals surface area contributed by atoms with E-state index in [9.17, 15) is 4.79 Å². The van der Waals surface area contributed by atoms with Gasteiger partial charge < -0.3 is 10.4 Å². The summed E-state index contributed by atoms with van der Waals surface area (Å²) >= 11 is 1.52. The molecule has 1 amide bonds. The van der Waals surface area contributed by atoms with Gasteiger partial charge in [0.2, 0.25) is 0 Å². The molecule has 2 rings (SSSR count). The lowest BCUT2D eigenvalue weighted by Crippen LogP contribution is -2.25. The summed E-state index contributed by atoms with van der Waals surface area (Å²) in [5.41, 5.74) is 2.94. The van der Waals surface area contributed by atoms with Crippen molar-refractivity contribution in [2.45, 2.75) is 36.6 Å². The molecule has 122 valence electrons. The highest BCUT2D eigenvalue weighted by atomic mass is 32.2. The molecule has 1 heterocycles. The Morgan fingerprint density at radius 3 is 2.87 bits per heavy atom. The second kappa shape index (κ2) is 8.70. The minimum atomic E-state index is -0.121. The highest BCUT2D eigenvalue weighted by molar-refractivity contribution is 7.99. The molecule has 23 heavy (non-hydrogen) atoms. The number of hydrogen-bond acceptors (Lipinski definition) is 4. The fraction of sp³-hybridized carbons (Fsp3) is 0.333. The van der Waals surface area contributed by atoms with Gasteiger partial charge in [-0.3, -0.25) is 4.79 Å². The molecule has 0 fully saturated rings. The average molecular weight is 330 g/mol. The van der Waals surface area contributed by atoms with E-state index in [4.69, 9.17) is 5.11 Å². The zero-order chi connectivity index (χ0) is 16.7. The van der Waals surface area contributed by atoms with Crippen LogP contribution < -0.4 is 5.32 Å². The number of benzene rings is 1. The Kier molecular flexibility index (Phi) is 6.62. The van der Waals surface area contributed by atoms with Gasteiger partial charge in [0.25, 0.3) is 5.91 Å². The molecule has 0 saturated carbocycles. The minimum Gasteiger partial charge on any atom is -0.396 e. The maximum atomic E-state index is 12.3. The highest BCUT2D eigenvalue weighted by Crippen LogP contribution is 2.31. The molecule has 0 saturated heterocycles. The van der Waals surface area contributed by atoms with E-state index in [0.717, 1.165) is 11.3 Å². The van der Waals surface area contributed by atoms with E-state index in [0.29, 0.717) is 23.6 Å². The number of rotatable bonds is 7. The number of amides is 1. The summed E-state index contributed by atoms with van der Waals surface area (Å²) in [6, 6.07) is 9.83. The fourth-order valence-electron chi connectivity index (χ4n) is 2.10. The second-order valence-electron chi connectivity index (χ2n) is 5.41. The molecule has 0 unspecified atom stereocenters. The predicted octanol–water partition coefficient (Wildman–Crippen LogP) is 3.35. The Bertz CT molecular complexity index is 674. The quantitative estimate of drug-likeness (QED) is 0.764. The van der Waals surface area contributed by atoms with E-state index in [1.54, 1.807) is 18.3 Å². The summed E-state index contributed by atoms with van der Waals surface area (Å²) in [5.74, 6) is -0.121. The number of carbonyl (C=O) groups excluding carboxylic acids is 1. The number of aromatic nitrogens is 1. The van der Waals surface area contributed by atoms with E-state index in [2.05, 4.69) is 42.3 Å². The summed E-state index contributed by atoms with van der Waals surface area (Å²) in [6.45, 7) is 4.81. The minimum absolute atomic E-state index is 0.121. The smallest absolute Gasteiger partial charge is 0.254 e. The summed E-state index contributed by atoms with van der Waals surface area (Å²) in [4.78, 5) is 17.8. The first-order valence-corrected chi connectivity index (χ1v) is 8.52. The number of hydrogen-bond donors (Lipinski definition) is 2. The number of aryl methyl sites for hydroxylation is 2. The van der Waals surface area contributed by atoms with Gasteiger partial charge in [-0.1, -0.05) is 23.9 Å². The van der Waals surface area contributed by atoms with Crippen LogP contribution in [-0.4, -0.2) is 29.1 Å².